The minimum atomic E-state index is -0.0792. The number of rotatable bonds is 10. The topological polar surface area (TPSA) is 100 Å². The van der Waals surface area contributed by atoms with E-state index in [4.69, 9.17) is 4.52 Å². The first-order valence-electron chi connectivity index (χ1n) is 9.66. The molecule has 158 valence electrons. The molecule has 30 heavy (non-hydrogen) atoms. The molecule has 0 unspecified atom stereocenters. The Morgan fingerprint density at radius 3 is 2.80 bits per heavy atom. The number of aryl methyl sites for hydroxylation is 1. The Labute approximate surface area is 179 Å². The predicted molar refractivity (Wildman–Crippen MR) is 116 cm³/mol. The maximum atomic E-state index is 12.1. The average Bonchev–Trinajstić information content (AvgIpc) is 3.38. The number of nitrogens with zero attached hydrogens (tertiary/aromatic N) is 3. The Hall–Kier alpha value is -3.04. The number of amides is 2. The van der Waals surface area contributed by atoms with Crippen molar-refractivity contribution in [3.8, 4) is 10.7 Å². The Kier molecular flexibility index (Phi) is 7.69. The quantitative estimate of drug-likeness (QED) is 0.516. The van der Waals surface area contributed by atoms with Crippen molar-refractivity contribution >= 4 is 28.8 Å². The van der Waals surface area contributed by atoms with Crippen LogP contribution in [-0.2, 0) is 22.6 Å². The standard InChI is InChI=1S/C21H25N5O3S/c1-26(2)14-19(28)23-16-7-3-6-15(12-16)13-22-18(27)9-4-10-20-24-21(25-29-20)17-8-5-11-30-17/h3,5-8,11-12H,4,9-10,13-14H2,1-2H3,(H,22,27)(H,23,28). The molecular formula is C21H25N5O3S. The van der Waals surface area contributed by atoms with Gasteiger partial charge in [0, 0.05) is 25.1 Å². The van der Waals surface area contributed by atoms with Gasteiger partial charge in [-0.3, -0.25) is 9.59 Å². The summed E-state index contributed by atoms with van der Waals surface area (Å²) in [7, 11) is 3.68. The molecule has 0 aliphatic heterocycles. The Bertz CT molecular complexity index is 969. The lowest BCUT2D eigenvalue weighted by Crippen LogP contribution is -2.27. The molecule has 1 aromatic carbocycles. The number of likely N-dealkylation sites (N-methyl/N-ethyl adjacent to an activating group) is 1. The third-order valence-electron chi connectivity index (χ3n) is 4.16. The summed E-state index contributed by atoms with van der Waals surface area (Å²) in [5.41, 5.74) is 1.63. The van der Waals surface area contributed by atoms with E-state index in [-0.39, 0.29) is 11.8 Å². The fourth-order valence-electron chi connectivity index (χ4n) is 2.80. The van der Waals surface area contributed by atoms with Gasteiger partial charge in [-0.05, 0) is 49.7 Å². The smallest absolute Gasteiger partial charge is 0.238 e. The third kappa shape index (κ3) is 6.78. The number of thiophene rings is 1. The Balaban J connectivity index is 1.39. The van der Waals surface area contributed by atoms with Crippen molar-refractivity contribution in [3.63, 3.8) is 0 Å². The lowest BCUT2D eigenvalue weighted by atomic mass is 10.2. The average molecular weight is 428 g/mol. The largest absolute Gasteiger partial charge is 0.352 e. The Morgan fingerprint density at radius 2 is 2.03 bits per heavy atom. The summed E-state index contributed by atoms with van der Waals surface area (Å²) in [6.45, 7) is 0.717. The van der Waals surface area contributed by atoms with Crippen molar-refractivity contribution in [2.75, 3.05) is 26.0 Å². The molecule has 2 aromatic heterocycles. The highest BCUT2D eigenvalue weighted by atomic mass is 32.1. The van der Waals surface area contributed by atoms with E-state index in [2.05, 4.69) is 20.8 Å². The van der Waals surface area contributed by atoms with Crippen LogP contribution in [0.4, 0.5) is 5.69 Å². The highest BCUT2D eigenvalue weighted by Crippen LogP contribution is 2.21. The number of hydrogen-bond acceptors (Lipinski definition) is 7. The molecule has 0 radical (unpaired) electrons. The molecule has 2 N–H and O–H groups in total. The SMILES string of the molecule is CN(C)CC(=O)Nc1cccc(CNC(=O)CCCc2nc(-c3cccs3)no2)c1. The zero-order valence-electron chi connectivity index (χ0n) is 17.1. The van der Waals surface area contributed by atoms with Gasteiger partial charge in [0.15, 0.2) is 0 Å². The highest BCUT2D eigenvalue weighted by Gasteiger charge is 2.10. The van der Waals surface area contributed by atoms with E-state index in [1.165, 1.54) is 0 Å². The number of benzene rings is 1. The van der Waals surface area contributed by atoms with Crippen LogP contribution in [-0.4, -0.2) is 47.5 Å². The normalized spacial score (nSPS) is 10.9. The van der Waals surface area contributed by atoms with Crippen LogP contribution in [0.3, 0.4) is 0 Å². The van der Waals surface area contributed by atoms with E-state index >= 15 is 0 Å². The van der Waals surface area contributed by atoms with Gasteiger partial charge in [0.2, 0.25) is 23.5 Å². The van der Waals surface area contributed by atoms with Gasteiger partial charge in [-0.15, -0.1) is 11.3 Å². The van der Waals surface area contributed by atoms with Gasteiger partial charge in [-0.2, -0.15) is 4.98 Å². The van der Waals surface area contributed by atoms with E-state index in [0.717, 1.165) is 10.4 Å². The van der Waals surface area contributed by atoms with Crippen molar-refractivity contribution in [1.82, 2.24) is 20.4 Å². The van der Waals surface area contributed by atoms with Gasteiger partial charge in [-0.25, -0.2) is 0 Å². The van der Waals surface area contributed by atoms with E-state index in [0.29, 0.717) is 49.8 Å². The van der Waals surface area contributed by atoms with Crippen molar-refractivity contribution in [1.29, 1.82) is 0 Å². The summed E-state index contributed by atoms with van der Waals surface area (Å²) in [5.74, 6) is 0.994. The van der Waals surface area contributed by atoms with Crippen LogP contribution in [0.25, 0.3) is 10.7 Å². The lowest BCUT2D eigenvalue weighted by Gasteiger charge is -2.11. The van der Waals surface area contributed by atoms with Crippen molar-refractivity contribution in [2.45, 2.75) is 25.8 Å². The maximum Gasteiger partial charge on any atom is 0.238 e. The molecular weight excluding hydrogens is 402 g/mol. The number of hydrogen-bond donors (Lipinski definition) is 2. The van der Waals surface area contributed by atoms with Gasteiger partial charge in [0.05, 0.1) is 11.4 Å². The minimum Gasteiger partial charge on any atom is -0.352 e. The molecule has 8 nitrogen and oxygen atoms in total. The van der Waals surface area contributed by atoms with Gasteiger partial charge >= 0.3 is 0 Å². The number of carbonyl (C=O) groups is 2. The summed E-state index contributed by atoms with van der Waals surface area (Å²) in [4.78, 5) is 31.1. The summed E-state index contributed by atoms with van der Waals surface area (Å²) in [6.07, 6.45) is 1.55. The summed E-state index contributed by atoms with van der Waals surface area (Å²) in [5, 5.41) is 11.7. The second-order valence-electron chi connectivity index (χ2n) is 7.11. The lowest BCUT2D eigenvalue weighted by molar-refractivity contribution is -0.121. The van der Waals surface area contributed by atoms with E-state index in [1.54, 1.807) is 16.2 Å². The van der Waals surface area contributed by atoms with Crippen molar-refractivity contribution in [3.05, 3.63) is 53.2 Å². The second kappa shape index (κ2) is 10.7. The zero-order valence-corrected chi connectivity index (χ0v) is 17.9. The van der Waals surface area contributed by atoms with Gasteiger partial charge in [-0.1, -0.05) is 23.4 Å². The number of nitrogens with one attached hydrogen (secondary N) is 2. The number of aromatic nitrogens is 2. The summed E-state index contributed by atoms with van der Waals surface area (Å²) >= 11 is 1.55. The zero-order chi connectivity index (χ0) is 21.3. The van der Waals surface area contributed by atoms with E-state index in [1.807, 2.05) is 55.9 Å². The summed E-state index contributed by atoms with van der Waals surface area (Å²) in [6, 6.07) is 11.3. The van der Waals surface area contributed by atoms with Crippen LogP contribution in [0, 0.1) is 0 Å². The molecule has 0 atom stereocenters. The van der Waals surface area contributed by atoms with Gasteiger partial charge in [0.25, 0.3) is 0 Å². The predicted octanol–water partition coefficient (Wildman–Crippen LogP) is 2.94. The molecule has 0 saturated heterocycles. The van der Waals surface area contributed by atoms with Crippen LogP contribution in [0.2, 0.25) is 0 Å². The van der Waals surface area contributed by atoms with Crippen molar-refractivity contribution in [2.24, 2.45) is 0 Å². The molecule has 0 bridgehead atoms. The molecule has 2 heterocycles. The fraction of sp³-hybridized carbons (Fsp3) is 0.333. The van der Waals surface area contributed by atoms with Crippen molar-refractivity contribution < 1.29 is 14.1 Å². The number of carbonyl (C=O) groups excluding carboxylic acids is 2. The molecule has 0 fully saturated rings. The van der Waals surface area contributed by atoms with Crippen LogP contribution in [0.5, 0.6) is 0 Å². The second-order valence-corrected chi connectivity index (χ2v) is 8.05. The van der Waals surface area contributed by atoms with Gasteiger partial charge in [0.1, 0.15) is 0 Å². The highest BCUT2D eigenvalue weighted by molar-refractivity contribution is 7.13. The monoisotopic (exact) mass is 427 g/mol. The molecule has 0 spiro atoms. The molecule has 3 aromatic rings. The van der Waals surface area contributed by atoms with Crippen LogP contribution >= 0.6 is 11.3 Å². The molecule has 2 amide bonds. The first-order valence-corrected chi connectivity index (χ1v) is 10.5. The first kappa shape index (κ1) is 21.7. The third-order valence-corrected chi connectivity index (χ3v) is 5.03. The molecule has 0 aliphatic carbocycles. The number of anilines is 1. The van der Waals surface area contributed by atoms with E-state index in [9.17, 15) is 9.59 Å². The van der Waals surface area contributed by atoms with Crippen LogP contribution < -0.4 is 10.6 Å². The minimum absolute atomic E-state index is 0.0463. The first-order chi connectivity index (χ1) is 14.5. The Morgan fingerprint density at radius 1 is 1.17 bits per heavy atom. The maximum absolute atomic E-state index is 12.1. The fourth-order valence-corrected chi connectivity index (χ4v) is 3.45. The molecule has 3 rings (SSSR count). The van der Waals surface area contributed by atoms with Crippen LogP contribution in [0.15, 0.2) is 46.3 Å². The molecule has 0 saturated carbocycles. The van der Waals surface area contributed by atoms with Gasteiger partial charge < -0.3 is 20.1 Å². The molecule has 0 aliphatic rings. The molecule has 9 heteroatoms. The van der Waals surface area contributed by atoms with E-state index < -0.39 is 0 Å². The summed E-state index contributed by atoms with van der Waals surface area (Å²) < 4.78 is 5.24. The van der Waals surface area contributed by atoms with Crippen LogP contribution in [0.1, 0.15) is 24.3 Å².